The molecule has 15 nitrogen and oxygen atoms in total. The molecule has 0 radical (unpaired) electrons. The van der Waals surface area contributed by atoms with Crippen molar-refractivity contribution in [2.75, 3.05) is 54.5 Å². The molecule has 1 saturated carbocycles. The zero-order valence-electron chi connectivity index (χ0n) is 34.5. The molecule has 5 aliphatic rings. The average Bonchev–Trinajstić information content (AvgIpc) is 3.97. The second-order valence-electron chi connectivity index (χ2n) is 17.6. The number of aliphatic hydroxyl groups is 1. The van der Waals surface area contributed by atoms with Crippen molar-refractivity contribution in [2.45, 2.75) is 90.6 Å². The van der Waals surface area contributed by atoms with Gasteiger partial charge in [0.1, 0.15) is 11.5 Å². The standard InChI is InChI=1S/C45H53N9O6/c1-28-24-50(32-11-18-60-19-12-32)14-15-51(28)37-8-5-31(20-29(37)4-9-40(57)47-27-56)48-41-44(59)54(33-6-7-33)25-36(49-41)34-10-13-46-42(35(34)26-55)53-17-16-52-38(43(53)58)21-30-22-45(2,3)23-39(30)52/h4-5,8-10,13,20-21,25,27-28,32-33,55H,6-7,11-12,14-19,22-24,26H2,1-3H3,(H,48,49)(H,47,56,57)/t28-/m0/s1. The third kappa shape index (κ3) is 7.65. The van der Waals surface area contributed by atoms with Crippen LogP contribution in [0.15, 0.2) is 53.6 Å². The van der Waals surface area contributed by atoms with Crippen molar-refractivity contribution in [3.05, 3.63) is 87.2 Å². The molecule has 0 bridgehead atoms. The largest absolute Gasteiger partial charge is 0.392 e. The number of imide groups is 1. The van der Waals surface area contributed by atoms with Gasteiger partial charge >= 0.3 is 0 Å². The second kappa shape index (κ2) is 16.1. The molecule has 3 aliphatic heterocycles. The number of nitrogens with zero attached hydrogens (tertiary/aromatic N) is 7. The number of carbonyl (C=O) groups excluding carboxylic acids is 3. The van der Waals surface area contributed by atoms with Crippen LogP contribution in [0.3, 0.4) is 0 Å². The number of aromatic nitrogens is 4. The van der Waals surface area contributed by atoms with Crippen molar-refractivity contribution in [2.24, 2.45) is 5.41 Å². The molecule has 3 N–H and O–H groups in total. The lowest BCUT2D eigenvalue weighted by molar-refractivity contribution is -0.121. The number of fused-ring (bicyclic) bond motifs is 3. The summed E-state index contributed by atoms with van der Waals surface area (Å²) in [5, 5.41) is 16.4. The van der Waals surface area contributed by atoms with Crippen LogP contribution in [0.1, 0.15) is 85.4 Å². The number of hydrogen-bond acceptors (Lipinski definition) is 11. The predicted octanol–water partition coefficient (Wildman–Crippen LogP) is 4.44. The Morgan fingerprint density at radius 1 is 1.02 bits per heavy atom. The van der Waals surface area contributed by atoms with Crippen molar-refractivity contribution in [1.82, 2.24) is 29.3 Å². The van der Waals surface area contributed by atoms with E-state index in [0.717, 1.165) is 82.6 Å². The number of rotatable bonds is 11. The van der Waals surface area contributed by atoms with Gasteiger partial charge in [0.2, 0.25) is 12.3 Å². The van der Waals surface area contributed by atoms with Crippen LogP contribution >= 0.6 is 0 Å². The number of benzene rings is 1. The highest BCUT2D eigenvalue weighted by Crippen LogP contribution is 2.41. The maximum atomic E-state index is 14.1. The topological polar surface area (TPSA) is 167 Å². The summed E-state index contributed by atoms with van der Waals surface area (Å²) in [6.45, 7) is 11.5. The number of hydrogen-bond donors (Lipinski definition) is 3. The molecule has 3 amide bonds. The number of pyridine rings is 1. The van der Waals surface area contributed by atoms with Crippen LogP contribution in [0.2, 0.25) is 0 Å². The summed E-state index contributed by atoms with van der Waals surface area (Å²) in [6.07, 6.45) is 12.4. The average molecular weight is 816 g/mol. The third-order valence-electron chi connectivity index (χ3n) is 12.8. The fourth-order valence-electron chi connectivity index (χ4n) is 9.73. The lowest BCUT2D eigenvalue weighted by Gasteiger charge is -2.45. The van der Waals surface area contributed by atoms with Crippen molar-refractivity contribution in [1.29, 1.82) is 0 Å². The molecule has 1 atom stereocenters. The number of carbonyl (C=O) groups is 3. The smallest absolute Gasteiger partial charge is 0.293 e. The van der Waals surface area contributed by atoms with Gasteiger partial charge < -0.3 is 29.2 Å². The predicted molar refractivity (Wildman–Crippen MR) is 228 cm³/mol. The van der Waals surface area contributed by atoms with E-state index in [2.05, 4.69) is 50.8 Å². The van der Waals surface area contributed by atoms with Crippen LogP contribution in [-0.4, -0.2) is 98.8 Å². The minimum atomic E-state index is -0.544. The van der Waals surface area contributed by atoms with Gasteiger partial charge in [-0.15, -0.1) is 0 Å². The lowest BCUT2D eigenvalue weighted by atomic mass is 9.90. The molecular weight excluding hydrogens is 763 g/mol. The Labute approximate surface area is 349 Å². The molecule has 3 fully saturated rings. The first-order valence-corrected chi connectivity index (χ1v) is 21.2. The van der Waals surface area contributed by atoms with Crippen LogP contribution in [-0.2, 0) is 40.3 Å². The fraction of sp³-hybridized carbons (Fsp3) is 0.467. The highest BCUT2D eigenvalue weighted by atomic mass is 16.5. The Hall–Kier alpha value is -5.64. The Balaban J connectivity index is 1.03. The molecule has 15 heteroatoms. The van der Waals surface area contributed by atoms with E-state index in [4.69, 9.17) is 9.72 Å². The van der Waals surface area contributed by atoms with Gasteiger partial charge in [0.25, 0.3) is 11.5 Å². The van der Waals surface area contributed by atoms with Crippen LogP contribution in [0.4, 0.5) is 23.0 Å². The van der Waals surface area contributed by atoms with E-state index in [1.165, 1.54) is 17.3 Å². The van der Waals surface area contributed by atoms with Crippen molar-refractivity contribution >= 4 is 47.3 Å². The second-order valence-corrected chi connectivity index (χ2v) is 17.6. The summed E-state index contributed by atoms with van der Waals surface area (Å²) in [5.41, 5.74) is 6.72. The van der Waals surface area contributed by atoms with E-state index < -0.39 is 12.5 Å². The molecular formula is C45H53N9O6. The van der Waals surface area contributed by atoms with Gasteiger partial charge in [0.15, 0.2) is 5.82 Å². The quantitative estimate of drug-likeness (QED) is 0.145. The van der Waals surface area contributed by atoms with Gasteiger partial charge in [-0.25, -0.2) is 9.97 Å². The van der Waals surface area contributed by atoms with Gasteiger partial charge in [0, 0.05) is 116 Å². The number of ether oxygens (including phenoxy) is 1. The Bertz CT molecular complexity index is 2430. The van der Waals surface area contributed by atoms with Gasteiger partial charge in [-0.05, 0) is 92.8 Å². The van der Waals surface area contributed by atoms with Gasteiger partial charge in [-0.2, -0.15) is 0 Å². The van der Waals surface area contributed by atoms with Crippen molar-refractivity contribution in [3.8, 4) is 11.3 Å². The maximum absolute atomic E-state index is 14.1. The molecule has 3 aromatic heterocycles. The summed E-state index contributed by atoms with van der Waals surface area (Å²) >= 11 is 0. The Morgan fingerprint density at radius 2 is 1.83 bits per heavy atom. The number of anilines is 4. The zero-order valence-corrected chi connectivity index (χ0v) is 34.5. The normalized spacial score (nSPS) is 20.7. The molecule has 6 heterocycles. The SMILES string of the molecule is C[C@H]1CN(C2CCOCC2)CCN1c1ccc(Nc2nc(-c3ccnc(N4CCn5c(cc6c5CC(C)(C)C6)C4=O)c3CO)cn(C3CC3)c2=O)cc1C=CC(=O)NC=O. The highest BCUT2D eigenvalue weighted by molar-refractivity contribution is 6.06. The highest BCUT2D eigenvalue weighted by Gasteiger charge is 2.38. The van der Waals surface area contributed by atoms with E-state index in [1.54, 1.807) is 34.0 Å². The van der Waals surface area contributed by atoms with E-state index in [0.29, 0.717) is 59.6 Å². The minimum absolute atomic E-state index is 0.0144. The van der Waals surface area contributed by atoms with Gasteiger partial charge in [-0.3, -0.25) is 34.3 Å². The minimum Gasteiger partial charge on any atom is -0.392 e. The summed E-state index contributed by atoms with van der Waals surface area (Å²) in [6, 6.07) is 10.3. The summed E-state index contributed by atoms with van der Waals surface area (Å²) in [7, 11) is 0. The first-order valence-electron chi connectivity index (χ1n) is 21.2. The van der Waals surface area contributed by atoms with Gasteiger partial charge in [0.05, 0.1) is 12.3 Å². The molecule has 60 heavy (non-hydrogen) atoms. The summed E-state index contributed by atoms with van der Waals surface area (Å²) in [5.74, 6) is -0.219. The van der Waals surface area contributed by atoms with Crippen LogP contribution in [0.5, 0.6) is 0 Å². The van der Waals surface area contributed by atoms with Gasteiger partial charge in [-0.1, -0.05) is 13.8 Å². The number of amides is 3. The first-order chi connectivity index (χ1) is 29.0. The van der Waals surface area contributed by atoms with Crippen molar-refractivity contribution in [3.63, 3.8) is 0 Å². The molecule has 1 aromatic carbocycles. The Morgan fingerprint density at radius 3 is 2.58 bits per heavy atom. The van der Waals surface area contributed by atoms with E-state index >= 15 is 0 Å². The fourth-order valence-corrected chi connectivity index (χ4v) is 9.73. The maximum Gasteiger partial charge on any atom is 0.293 e. The Kier molecular flexibility index (Phi) is 10.7. The van der Waals surface area contributed by atoms with E-state index in [1.807, 2.05) is 24.3 Å². The monoisotopic (exact) mass is 815 g/mol. The number of piperazine rings is 1. The number of nitrogens with one attached hydrogen (secondary N) is 2. The molecule has 4 aromatic rings. The first kappa shape index (κ1) is 39.8. The molecule has 0 spiro atoms. The van der Waals surface area contributed by atoms with E-state index in [9.17, 15) is 24.3 Å². The summed E-state index contributed by atoms with van der Waals surface area (Å²) in [4.78, 5) is 67.6. The van der Waals surface area contributed by atoms with Crippen LogP contribution in [0, 0.1) is 5.41 Å². The van der Waals surface area contributed by atoms with Crippen LogP contribution in [0.25, 0.3) is 17.3 Å². The molecule has 2 aliphatic carbocycles. The number of aliphatic hydroxyl groups excluding tert-OH is 1. The molecule has 314 valence electrons. The molecule has 0 unspecified atom stereocenters. The summed E-state index contributed by atoms with van der Waals surface area (Å²) < 4.78 is 9.46. The molecule has 9 rings (SSSR count). The van der Waals surface area contributed by atoms with Crippen LogP contribution < -0.4 is 26.0 Å². The van der Waals surface area contributed by atoms with Crippen molar-refractivity contribution < 1.29 is 24.2 Å². The lowest BCUT2D eigenvalue weighted by Crippen LogP contribution is -2.56. The van der Waals surface area contributed by atoms with E-state index in [-0.39, 0.29) is 34.8 Å². The molecule has 2 saturated heterocycles. The zero-order chi connectivity index (χ0) is 41.7. The third-order valence-corrected chi connectivity index (χ3v) is 12.8.